The molecule has 0 radical (unpaired) electrons. The Bertz CT molecular complexity index is 3640. The summed E-state index contributed by atoms with van der Waals surface area (Å²) in [7, 11) is -2.94. The maximum Gasteiger partial charge on any atom is 0.416 e. The van der Waals surface area contributed by atoms with Crippen LogP contribution in [0.2, 0.25) is 10.3 Å². The molecule has 8 N–H and O–H groups in total. The van der Waals surface area contributed by atoms with Crippen molar-refractivity contribution < 1.29 is 88.8 Å². The van der Waals surface area contributed by atoms with E-state index >= 15 is 0 Å². The maximum absolute atomic E-state index is 12.6. The number of urea groups is 1. The Balaban J connectivity index is 0.000000313. The first-order valence-corrected chi connectivity index (χ1v) is 31.1. The molecule has 3 aromatic heterocycles. The van der Waals surface area contributed by atoms with Crippen molar-refractivity contribution in [3.8, 4) is 34.8 Å². The molecule has 31 nitrogen and oxygen atoms in total. The van der Waals surface area contributed by atoms with Gasteiger partial charge in [-0.25, -0.2) is 14.5 Å². The highest BCUT2D eigenvalue weighted by atomic mass is 35.5. The number of hydrogen-bond donors (Lipinski definition) is 8. The van der Waals surface area contributed by atoms with Crippen LogP contribution in [0.3, 0.4) is 0 Å². The van der Waals surface area contributed by atoms with Gasteiger partial charge in [-0.1, -0.05) is 46.9 Å². The van der Waals surface area contributed by atoms with Gasteiger partial charge in [-0.2, -0.15) is 46.5 Å². The number of methoxy groups -OCH3 is 2. The van der Waals surface area contributed by atoms with Crippen molar-refractivity contribution in [2.75, 3.05) is 81.8 Å². The van der Waals surface area contributed by atoms with E-state index in [9.17, 15) is 55.4 Å². The number of halogens is 7. The van der Waals surface area contributed by atoms with Gasteiger partial charge in [-0.05, 0) is 94.8 Å². The van der Waals surface area contributed by atoms with Crippen LogP contribution in [0, 0.1) is 10.1 Å². The van der Waals surface area contributed by atoms with Crippen molar-refractivity contribution in [1.82, 2.24) is 44.8 Å². The second-order valence-corrected chi connectivity index (χ2v) is 23.4. The summed E-state index contributed by atoms with van der Waals surface area (Å²) in [5.74, 6) is -0.323. The number of amides is 4. The Morgan fingerprint density at radius 2 is 1.54 bits per heavy atom. The predicted molar refractivity (Wildman–Crippen MR) is 332 cm³/mol. The molecule has 0 saturated carbocycles. The lowest BCUT2D eigenvalue weighted by Gasteiger charge is -2.35. The summed E-state index contributed by atoms with van der Waals surface area (Å²) in [6.07, 6.45) is -3.92. The fourth-order valence-corrected chi connectivity index (χ4v) is 8.83. The molecule has 3 aromatic carbocycles. The molecule has 0 saturated heterocycles. The Labute approximate surface area is 544 Å². The number of rotatable bonds is 20. The van der Waals surface area contributed by atoms with Crippen molar-refractivity contribution in [3.05, 3.63) is 117 Å². The lowest BCUT2D eigenvalue weighted by Crippen LogP contribution is -2.47. The van der Waals surface area contributed by atoms with E-state index in [2.05, 4.69) is 51.2 Å². The van der Waals surface area contributed by atoms with Gasteiger partial charge in [0.1, 0.15) is 23.9 Å². The van der Waals surface area contributed by atoms with Crippen LogP contribution >= 0.6 is 54.0 Å². The van der Waals surface area contributed by atoms with Gasteiger partial charge in [-0.3, -0.25) is 39.7 Å². The van der Waals surface area contributed by atoms with Crippen LogP contribution in [0.15, 0.2) is 90.1 Å². The van der Waals surface area contributed by atoms with E-state index in [0.29, 0.717) is 24.3 Å². The van der Waals surface area contributed by atoms with E-state index in [1.807, 2.05) is 52.0 Å². The number of carboxylic acid groups (broad SMARTS) is 1. The maximum atomic E-state index is 12.6. The van der Waals surface area contributed by atoms with Crippen molar-refractivity contribution in [2.45, 2.75) is 62.7 Å². The smallest absolute Gasteiger partial charge is 0.416 e. The minimum Gasteiger partial charge on any atom is -0.489 e. The highest BCUT2D eigenvalue weighted by molar-refractivity contribution is 7.90. The van der Waals surface area contributed by atoms with Crippen LogP contribution < -0.4 is 54.6 Å². The molecular formula is C52H62Cl4F3N14O17PS. The second kappa shape index (κ2) is 36.6. The number of carbonyl (C=O) groups excluding carboxylic acids is 3. The van der Waals surface area contributed by atoms with E-state index in [1.54, 1.807) is 16.5 Å². The van der Waals surface area contributed by atoms with Gasteiger partial charge < -0.3 is 59.0 Å². The molecule has 0 fully saturated rings. The van der Waals surface area contributed by atoms with Crippen LogP contribution in [0.4, 0.5) is 47.2 Å². The summed E-state index contributed by atoms with van der Waals surface area (Å²) in [4.78, 5) is 97.8. The fourth-order valence-electron chi connectivity index (χ4n) is 6.80. The zero-order valence-electron chi connectivity index (χ0n) is 49.9. The average molecular weight is 1420 g/mol. The molecule has 4 heterocycles. The average Bonchev–Trinajstić information content (AvgIpc) is 0.822. The normalized spacial score (nSPS) is 12.3. The van der Waals surface area contributed by atoms with Gasteiger partial charge in [0.15, 0.2) is 9.86 Å². The number of nitrogens with zero attached hydrogens (tertiary/aromatic N) is 9. The number of anilines is 4. The van der Waals surface area contributed by atoms with Crippen LogP contribution in [0.5, 0.6) is 34.8 Å². The Morgan fingerprint density at radius 1 is 0.902 bits per heavy atom. The Morgan fingerprint density at radius 3 is 2.09 bits per heavy atom. The van der Waals surface area contributed by atoms with Gasteiger partial charge in [0.25, 0.3) is 21.8 Å². The van der Waals surface area contributed by atoms with E-state index in [0.717, 1.165) is 30.4 Å². The zero-order chi connectivity index (χ0) is 69.3. The Hall–Kier alpha value is -8.41. The largest absolute Gasteiger partial charge is 0.489 e. The number of nitrogens with one attached hydrogen (secondary N) is 5. The van der Waals surface area contributed by atoms with E-state index in [1.165, 1.54) is 75.8 Å². The van der Waals surface area contributed by atoms with Gasteiger partial charge in [-0.15, -0.1) is 0 Å². The highest BCUT2D eigenvalue weighted by Gasteiger charge is 2.33. The number of fused-ring (bicyclic) bond motifs is 1. The summed E-state index contributed by atoms with van der Waals surface area (Å²) in [5, 5.41) is 28.5. The number of carbonyl (C=O) groups is 4. The molecule has 92 heavy (non-hydrogen) atoms. The van der Waals surface area contributed by atoms with Crippen LogP contribution in [-0.4, -0.2) is 165 Å². The number of sulfonamides is 1. The number of benzene rings is 3. The number of ether oxygens (including phenoxy) is 5. The molecule has 6 aromatic rings. The molecule has 0 bridgehead atoms. The standard InChI is InChI=1S/C15H11ClF3NO4.C15H18N6O6S.C11H11Cl2NO2.C8H14ClN5.C3H8NO5P/c1-2-23-14-8-10(4-5-12(14)20(21)22)24-13-6-3-9(7-11(13)16)15(17,18)19;1-21(2)13(22)9-6-5-7-16-12(9)28(24,25)20-15(23)19-14-17-10(26-3)8-11(18-14)27-4;1-7-6-16-9-5-3-2-4-8(9)14(7)11(15)10(12)13;1-4-10-7-12-6(9)13-8(14-7)11-5(2)3;5-3(6)1-4-2-10(7,8)9/h3-8H,2H2,1H3;5-8H,1-4H3,(H2,17,18,19,20,23);2-5,7,10H,6H2,1H3;5H,4H2,1-3H3,(H2,10,11,12,13,14);4H,1-2H2,(H,5,6)(H2,7,8,9). The van der Waals surface area contributed by atoms with Gasteiger partial charge >= 0.3 is 31.5 Å². The first-order valence-electron chi connectivity index (χ1n) is 26.2. The molecule has 0 spiro atoms. The molecule has 1 atom stereocenters. The van der Waals surface area contributed by atoms with E-state index in [4.69, 9.17) is 85.0 Å². The minimum atomic E-state index is -4.52. The third-order valence-corrected chi connectivity index (χ3v) is 13.3. The number of carboxylic acids is 1. The molecule has 1 unspecified atom stereocenters. The first-order chi connectivity index (χ1) is 43.0. The van der Waals surface area contributed by atoms with E-state index in [-0.39, 0.29) is 81.1 Å². The SMILES string of the molecule is CC1COc2ccccc2N1C(=O)C(Cl)Cl.CCNc1nc(Cl)nc(NC(C)C)n1.CCOc1cc(Oc2ccc(C(F)(F)F)cc2Cl)ccc1[N+](=O)[O-].COc1cc(OC)nc(NC(=O)NS(=O)(=O)c2ncccc2C(=O)N(C)C)n1.O=C(O)CNCP(=O)(O)O. The number of aliphatic carboxylic acids is 1. The number of aromatic nitrogens is 6. The Kier molecular flexibility index (Phi) is 31.0. The van der Waals surface area contributed by atoms with Crippen LogP contribution in [0.25, 0.3) is 0 Å². The molecule has 7 rings (SSSR count). The predicted octanol–water partition coefficient (Wildman–Crippen LogP) is 8.74. The summed E-state index contributed by atoms with van der Waals surface area (Å²) < 4.78 is 101. The summed E-state index contributed by atoms with van der Waals surface area (Å²) in [5.41, 5.74) is -0.620. The molecule has 4 amide bonds. The summed E-state index contributed by atoms with van der Waals surface area (Å²) in [6.45, 7) is 10.5. The van der Waals surface area contributed by atoms with Crippen LogP contribution in [0.1, 0.15) is 50.5 Å². The first kappa shape index (κ1) is 77.8. The monoisotopic (exact) mass is 1410 g/mol. The molecule has 40 heteroatoms. The number of pyridine rings is 1. The number of para-hydroxylation sites is 2. The van der Waals surface area contributed by atoms with Gasteiger partial charge in [0.05, 0.1) is 72.5 Å². The number of alkyl halides is 5. The summed E-state index contributed by atoms with van der Waals surface area (Å²) >= 11 is 22.8. The molecule has 1 aliphatic heterocycles. The van der Waals surface area contributed by atoms with Crippen molar-refractivity contribution >= 4 is 117 Å². The van der Waals surface area contributed by atoms with Crippen molar-refractivity contribution in [1.29, 1.82) is 0 Å². The number of nitro groups is 1. The molecule has 502 valence electrons. The number of hydrogen-bond acceptors (Lipinski definition) is 23. The minimum absolute atomic E-state index is 0.0111. The van der Waals surface area contributed by atoms with Gasteiger partial charge in [0.2, 0.25) is 40.6 Å². The van der Waals surface area contributed by atoms with Crippen molar-refractivity contribution in [2.24, 2.45) is 0 Å². The molecule has 1 aliphatic rings. The van der Waals surface area contributed by atoms with Crippen LogP contribution in [-0.2, 0) is 30.4 Å². The second-order valence-electron chi connectivity index (χ2n) is 18.3. The quantitative estimate of drug-likeness (QED) is 0.0153. The highest BCUT2D eigenvalue weighted by Crippen LogP contribution is 2.39. The lowest BCUT2D eigenvalue weighted by atomic mass is 10.1. The lowest BCUT2D eigenvalue weighted by molar-refractivity contribution is -0.385. The third kappa shape index (κ3) is 26.1. The zero-order valence-corrected chi connectivity index (χ0v) is 54.7. The van der Waals surface area contributed by atoms with E-state index < -0.39 is 74.9 Å². The topological polar surface area (TPSA) is 413 Å². The van der Waals surface area contributed by atoms with Crippen molar-refractivity contribution in [3.63, 3.8) is 0 Å². The third-order valence-electron chi connectivity index (χ3n) is 10.6. The van der Waals surface area contributed by atoms with Gasteiger partial charge in [0, 0.05) is 45.0 Å². The fraction of sp³-hybridized carbons (Fsp3) is 0.346. The molecule has 0 aliphatic carbocycles. The number of nitro benzene ring substituents is 1. The summed E-state index contributed by atoms with van der Waals surface area (Å²) in [6, 6.07) is 16.8. The molecular weight excluding hydrogens is 1350 g/mol.